The Morgan fingerprint density at radius 1 is 1.08 bits per heavy atom. The average Bonchev–Trinajstić information content (AvgIpc) is 3.35. The van der Waals surface area contributed by atoms with Crippen LogP contribution in [0.15, 0.2) is 71.9 Å². The highest BCUT2D eigenvalue weighted by atomic mass is 32.2. The van der Waals surface area contributed by atoms with Gasteiger partial charge in [-0.1, -0.05) is 12.6 Å². The molecule has 10 heteroatoms. The van der Waals surface area contributed by atoms with Crippen molar-refractivity contribution in [3.8, 4) is 5.75 Å². The minimum absolute atomic E-state index is 0.128. The molecule has 0 amide bonds. The summed E-state index contributed by atoms with van der Waals surface area (Å²) in [5.41, 5.74) is 2.58. The Labute approximate surface area is 212 Å². The summed E-state index contributed by atoms with van der Waals surface area (Å²) >= 11 is 0. The van der Waals surface area contributed by atoms with Gasteiger partial charge in [-0.15, -0.1) is 0 Å². The van der Waals surface area contributed by atoms with Crippen molar-refractivity contribution in [3.05, 3.63) is 72.6 Å². The molecule has 3 aromatic rings. The molecule has 9 nitrogen and oxygen atoms in total. The van der Waals surface area contributed by atoms with Crippen molar-refractivity contribution in [3.63, 3.8) is 0 Å². The summed E-state index contributed by atoms with van der Waals surface area (Å²) in [6.45, 7) is 11.0. The van der Waals surface area contributed by atoms with Crippen molar-refractivity contribution in [2.24, 2.45) is 0 Å². The fourth-order valence-corrected chi connectivity index (χ4v) is 4.97. The van der Waals surface area contributed by atoms with E-state index in [1.807, 2.05) is 31.2 Å². The maximum absolute atomic E-state index is 12.5. The van der Waals surface area contributed by atoms with Crippen LogP contribution in [-0.2, 0) is 10.0 Å². The fourth-order valence-electron chi connectivity index (χ4n) is 3.86. The highest BCUT2D eigenvalue weighted by molar-refractivity contribution is 7.89. The zero-order valence-corrected chi connectivity index (χ0v) is 21.4. The van der Waals surface area contributed by atoms with Crippen LogP contribution in [0.2, 0.25) is 0 Å². The van der Waals surface area contributed by atoms with Crippen LogP contribution in [0.1, 0.15) is 25.3 Å². The van der Waals surface area contributed by atoms with E-state index >= 15 is 0 Å². The molecule has 0 radical (unpaired) electrons. The molecule has 2 heterocycles. The second-order valence-corrected chi connectivity index (χ2v) is 10.5. The van der Waals surface area contributed by atoms with Crippen molar-refractivity contribution in [2.75, 3.05) is 36.9 Å². The first-order chi connectivity index (χ1) is 17.3. The third-order valence-electron chi connectivity index (χ3n) is 5.67. The molecule has 0 aliphatic carbocycles. The van der Waals surface area contributed by atoms with E-state index in [4.69, 9.17) is 4.74 Å². The van der Waals surface area contributed by atoms with Gasteiger partial charge in [0.2, 0.25) is 5.95 Å². The Kier molecular flexibility index (Phi) is 8.07. The summed E-state index contributed by atoms with van der Waals surface area (Å²) < 4.78 is 33.2. The number of hydrogen-bond donors (Lipinski definition) is 3. The summed E-state index contributed by atoms with van der Waals surface area (Å²) in [5.74, 6) is 1.80. The molecule has 4 rings (SSSR count). The summed E-state index contributed by atoms with van der Waals surface area (Å²) in [6.07, 6.45) is 4.26. The van der Waals surface area contributed by atoms with Crippen LogP contribution in [0.4, 0.5) is 23.1 Å². The summed E-state index contributed by atoms with van der Waals surface area (Å²) in [6, 6.07) is 14.2. The van der Waals surface area contributed by atoms with E-state index in [1.165, 1.54) is 18.9 Å². The Balaban J connectivity index is 1.39. The Hall–Kier alpha value is -3.63. The topological polar surface area (TPSA) is 108 Å². The number of sulfonamides is 1. The lowest BCUT2D eigenvalue weighted by molar-refractivity contribution is 0.238. The first kappa shape index (κ1) is 25.5. The second-order valence-electron chi connectivity index (χ2n) is 8.81. The Bertz CT molecular complexity index is 1310. The molecule has 36 heavy (non-hydrogen) atoms. The second kappa shape index (κ2) is 11.4. The highest BCUT2D eigenvalue weighted by Gasteiger charge is 2.15. The van der Waals surface area contributed by atoms with Gasteiger partial charge in [0.25, 0.3) is 10.0 Å². The van der Waals surface area contributed by atoms with E-state index in [-0.39, 0.29) is 4.90 Å². The molecule has 190 valence electrons. The standard InChI is InChI=1S/C26H32N6O3S/c1-19(2)31-36(33,34)24-8-6-7-22(17-24)28-25-20(3)18-27-26(30-25)29-21-9-11-23(12-10-21)35-16-15-32-13-4-5-14-32/h6-12,17-18,31H,1,4-5,13-16H2,2-3H3,(H2,27,28,29,30). The number of nitrogens with zero attached hydrogens (tertiary/aromatic N) is 3. The van der Waals surface area contributed by atoms with Crippen LogP contribution in [-0.4, -0.2) is 49.5 Å². The van der Waals surface area contributed by atoms with E-state index in [1.54, 1.807) is 31.3 Å². The normalized spacial score (nSPS) is 13.8. The van der Waals surface area contributed by atoms with E-state index in [0.29, 0.717) is 29.8 Å². The van der Waals surface area contributed by atoms with Crippen LogP contribution >= 0.6 is 0 Å². The molecule has 1 fully saturated rings. The summed E-state index contributed by atoms with van der Waals surface area (Å²) in [5, 5.41) is 6.39. The number of benzene rings is 2. The van der Waals surface area contributed by atoms with Crippen LogP contribution in [0.3, 0.4) is 0 Å². The zero-order valence-electron chi connectivity index (χ0n) is 20.6. The molecule has 0 unspecified atom stereocenters. The number of ether oxygens (including phenoxy) is 1. The molecule has 2 aromatic carbocycles. The lowest BCUT2D eigenvalue weighted by Gasteiger charge is -2.15. The van der Waals surface area contributed by atoms with Gasteiger partial charge in [-0.25, -0.2) is 13.4 Å². The van der Waals surface area contributed by atoms with Gasteiger partial charge >= 0.3 is 0 Å². The van der Waals surface area contributed by atoms with Gasteiger partial charge in [-0.3, -0.25) is 9.62 Å². The lowest BCUT2D eigenvalue weighted by atomic mass is 10.3. The third-order valence-corrected chi connectivity index (χ3v) is 7.16. The van der Waals surface area contributed by atoms with Crippen LogP contribution in [0, 0.1) is 6.92 Å². The van der Waals surface area contributed by atoms with Crippen molar-refractivity contribution >= 4 is 33.2 Å². The number of likely N-dealkylation sites (tertiary alicyclic amines) is 1. The predicted octanol–water partition coefficient (Wildman–Crippen LogP) is 4.56. The van der Waals surface area contributed by atoms with Gasteiger partial charge in [-0.2, -0.15) is 4.98 Å². The van der Waals surface area contributed by atoms with Crippen molar-refractivity contribution < 1.29 is 13.2 Å². The van der Waals surface area contributed by atoms with Crippen molar-refractivity contribution in [2.45, 2.75) is 31.6 Å². The molecule has 1 aliphatic heterocycles. The zero-order chi connectivity index (χ0) is 25.5. The summed E-state index contributed by atoms with van der Waals surface area (Å²) in [4.78, 5) is 11.5. The van der Waals surface area contributed by atoms with Gasteiger partial charge in [-0.05, 0) is 82.2 Å². The molecule has 1 saturated heterocycles. The van der Waals surface area contributed by atoms with E-state index in [9.17, 15) is 8.42 Å². The number of aromatic nitrogens is 2. The van der Waals surface area contributed by atoms with Gasteiger partial charge in [0.1, 0.15) is 18.2 Å². The average molecular weight is 509 g/mol. The van der Waals surface area contributed by atoms with Gasteiger partial charge in [0, 0.05) is 35.4 Å². The highest BCUT2D eigenvalue weighted by Crippen LogP contribution is 2.24. The molecule has 0 saturated carbocycles. The molecular weight excluding hydrogens is 476 g/mol. The lowest BCUT2D eigenvalue weighted by Crippen LogP contribution is -2.25. The van der Waals surface area contributed by atoms with E-state index in [2.05, 4.69) is 36.8 Å². The van der Waals surface area contributed by atoms with Gasteiger partial charge in [0.15, 0.2) is 0 Å². The molecule has 0 spiro atoms. The maximum Gasteiger partial charge on any atom is 0.261 e. The maximum atomic E-state index is 12.5. The Morgan fingerprint density at radius 3 is 2.56 bits per heavy atom. The summed E-state index contributed by atoms with van der Waals surface area (Å²) in [7, 11) is -3.69. The fraction of sp³-hybridized carbons (Fsp3) is 0.308. The number of allylic oxidation sites excluding steroid dienone is 1. The molecule has 1 aliphatic rings. The van der Waals surface area contributed by atoms with Crippen molar-refractivity contribution in [1.82, 2.24) is 19.6 Å². The monoisotopic (exact) mass is 508 g/mol. The van der Waals surface area contributed by atoms with E-state index in [0.717, 1.165) is 36.6 Å². The smallest absolute Gasteiger partial charge is 0.261 e. The quantitative estimate of drug-likeness (QED) is 0.346. The Morgan fingerprint density at radius 2 is 1.83 bits per heavy atom. The predicted molar refractivity (Wildman–Crippen MR) is 143 cm³/mol. The SMILES string of the molecule is C=C(C)NS(=O)(=O)c1cccc(Nc2nc(Nc3ccc(OCCN4CCCC4)cc3)ncc2C)c1. The van der Waals surface area contributed by atoms with Crippen LogP contribution < -0.4 is 20.1 Å². The van der Waals surface area contributed by atoms with E-state index < -0.39 is 10.0 Å². The number of anilines is 4. The van der Waals surface area contributed by atoms with Crippen molar-refractivity contribution in [1.29, 1.82) is 0 Å². The first-order valence-electron chi connectivity index (χ1n) is 11.9. The minimum Gasteiger partial charge on any atom is -0.492 e. The molecule has 0 bridgehead atoms. The largest absolute Gasteiger partial charge is 0.492 e. The molecule has 1 aromatic heterocycles. The molecular formula is C26H32N6O3S. The third kappa shape index (κ3) is 6.96. The molecule has 0 atom stereocenters. The molecule has 3 N–H and O–H groups in total. The number of rotatable bonds is 11. The van der Waals surface area contributed by atoms with Crippen LogP contribution in [0.25, 0.3) is 0 Å². The number of aryl methyl sites for hydroxylation is 1. The van der Waals surface area contributed by atoms with Gasteiger partial charge in [0.05, 0.1) is 4.90 Å². The number of nitrogens with one attached hydrogen (secondary N) is 3. The van der Waals surface area contributed by atoms with Gasteiger partial charge < -0.3 is 15.4 Å². The van der Waals surface area contributed by atoms with Crippen LogP contribution in [0.5, 0.6) is 5.75 Å². The first-order valence-corrected chi connectivity index (χ1v) is 13.4. The minimum atomic E-state index is -3.69. The number of hydrogen-bond acceptors (Lipinski definition) is 8.